The van der Waals surface area contributed by atoms with Crippen LogP contribution in [0.1, 0.15) is 25.7 Å². The largest absolute Gasteiger partial charge is 0.491 e. The normalized spacial score (nSPS) is 14.7. The lowest BCUT2D eigenvalue weighted by Gasteiger charge is -2.12. The number of fused-ring (bicyclic) bond motifs is 1. The Labute approximate surface area is 143 Å². The smallest absolute Gasteiger partial charge is 0.320 e. The van der Waals surface area contributed by atoms with E-state index in [1.807, 2.05) is 0 Å². The van der Waals surface area contributed by atoms with Gasteiger partial charge < -0.3 is 14.9 Å². The predicted molar refractivity (Wildman–Crippen MR) is 91.1 cm³/mol. The quantitative estimate of drug-likeness (QED) is 0.676. The van der Waals surface area contributed by atoms with E-state index in [4.69, 9.17) is 4.52 Å². The Bertz CT molecular complexity index is 918. The van der Waals surface area contributed by atoms with Crippen LogP contribution in [0.3, 0.4) is 0 Å². The average Bonchev–Trinajstić information content (AvgIpc) is 3.26. The van der Waals surface area contributed by atoms with Gasteiger partial charge in [-0.2, -0.15) is 0 Å². The average molecular weight is 339 g/mol. The minimum absolute atomic E-state index is 0.193. The summed E-state index contributed by atoms with van der Waals surface area (Å²) >= 11 is 0. The predicted octanol–water partition coefficient (Wildman–Crippen LogP) is 3.05. The van der Waals surface area contributed by atoms with Gasteiger partial charge >= 0.3 is 6.03 Å². The van der Waals surface area contributed by atoms with E-state index >= 15 is 0 Å². The maximum atomic E-state index is 12.1. The van der Waals surface area contributed by atoms with Crippen LogP contribution in [0.4, 0.5) is 10.6 Å². The molecular formula is C17H17N5O3. The van der Waals surface area contributed by atoms with Gasteiger partial charge in [0.1, 0.15) is 5.82 Å². The topological polar surface area (TPSA) is 113 Å². The minimum atomic E-state index is -0.247. The van der Waals surface area contributed by atoms with Crippen molar-refractivity contribution in [1.29, 1.82) is 0 Å². The monoisotopic (exact) mass is 339 g/mol. The summed E-state index contributed by atoms with van der Waals surface area (Å²) in [7, 11) is 0. The van der Waals surface area contributed by atoms with Crippen LogP contribution in [-0.4, -0.2) is 32.3 Å². The number of pyridine rings is 2. The number of aromatic nitrogens is 3. The van der Waals surface area contributed by atoms with Gasteiger partial charge in [0.25, 0.3) is 5.88 Å². The van der Waals surface area contributed by atoms with Crippen LogP contribution in [0.25, 0.3) is 22.4 Å². The van der Waals surface area contributed by atoms with Gasteiger partial charge in [-0.25, -0.2) is 9.78 Å². The Balaban J connectivity index is 1.54. The second-order valence-corrected chi connectivity index (χ2v) is 6.09. The number of amides is 2. The zero-order valence-corrected chi connectivity index (χ0v) is 13.4. The van der Waals surface area contributed by atoms with Crippen molar-refractivity contribution in [3.05, 3.63) is 30.5 Å². The van der Waals surface area contributed by atoms with Crippen molar-refractivity contribution < 1.29 is 14.4 Å². The molecule has 0 unspecified atom stereocenters. The molecule has 0 radical (unpaired) electrons. The van der Waals surface area contributed by atoms with E-state index < -0.39 is 0 Å². The fraction of sp³-hybridized carbons (Fsp3) is 0.294. The third-order valence-electron chi connectivity index (χ3n) is 4.25. The van der Waals surface area contributed by atoms with Gasteiger partial charge in [0, 0.05) is 23.9 Å². The molecule has 1 aliphatic carbocycles. The fourth-order valence-corrected chi connectivity index (χ4v) is 3.02. The molecule has 3 aromatic heterocycles. The molecule has 25 heavy (non-hydrogen) atoms. The molecule has 1 fully saturated rings. The van der Waals surface area contributed by atoms with Crippen LogP contribution in [0.15, 0.2) is 35.0 Å². The summed E-state index contributed by atoms with van der Waals surface area (Å²) in [5.74, 6) is 0.649. The first-order valence-corrected chi connectivity index (χ1v) is 8.18. The third-order valence-corrected chi connectivity index (χ3v) is 4.25. The fourth-order valence-electron chi connectivity index (χ4n) is 3.02. The minimum Gasteiger partial charge on any atom is -0.491 e. The lowest BCUT2D eigenvalue weighted by Crippen LogP contribution is -2.36. The van der Waals surface area contributed by atoms with E-state index in [0.29, 0.717) is 28.2 Å². The molecule has 3 heterocycles. The van der Waals surface area contributed by atoms with Gasteiger partial charge in [-0.3, -0.25) is 10.3 Å². The summed E-state index contributed by atoms with van der Waals surface area (Å²) < 4.78 is 5.02. The SMILES string of the molecule is O=C(Nc1ccc2ncc(-c3cc(O)no3)cc2n1)NC1CCCC1. The summed E-state index contributed by atoms with van der Waals surface area (Å²) in [6.45, 7) is 0. The lowest BCUT2D eigenvalue weighted by atomic mass is 10.2. The van der Waals surface area contributed by atoms with Crippen LogP contribution in [0.5, 0.6) is 5.88 Å². The molecule has 4 rings (SSSR count). The zero-order chi connectivity index (χ0) is 17.2. The van der Waals surface area contributed by atoms with Gasteiger partial charge in [-0.15, -0.1) is 0 Å². The van der Waals surface area contributed by atoms with E-state index in [2.05, 4.69) is 25.8 Å². The molecule has 1 saturated carbocycles. The molecule has 0 saturated heterocycles. The number of urea groups is 1. The number of rotatable bonds is 3. The summed E-state index contributed by atoms with van der Waals surface area (Å²) in [6, 6.07) is 6.66. The Morgan fingerprint density at radius 1 is 1.20 bits per heavy atom. The van der Waals surface area contributed by atoms with Gasteiger partial charge in [0.2, 0.25) is 0 Å². The van der Waals surface area contributed by atoms with E-state index in [9.17, 15) is 9.90 Å². The van der Waals surface area contributed by atoms with E-state index in [-0.39, 0.29) is 18.0 Å². The highest BCUT2D eigenvalue weighted by Crippen LogP contribution is 2.25. The summed E-state index contributed by atoms with van der Waals surface area (Å²) in [5.41, 5.74) is 1.93. The summed E-state index contributed by atoms with van der Waals surface area (Å²) in [5, 5.41) is 18.5. The maximum absolute atomic E-state index is 12.1. The van der Waals surface area contributed by atoms with Crippen LogP contribution in [-0.2, 0) is 0 Å². The van der Waals surface area contributed by atoms with Gasteiger partial charge in [0.05, 0.1) is 11.0 Å². The van der Waals surface area contributed by atoms with Crippen molar-refractivity contribution >= 4 is 22.9 Å². The number of anilines is 1. The maximum Gasteiger partial charge on any atom is 0.320 e. The molecule has 0 atom stereocenters. The van der Waals surface area contributed by atoms with Gasteiger partial charge in [0.15, 0.2) is 5.76 Å². The molecule has 0 bridgehead atoms. The van der Waals surface area contributed by atoms with Crippen molar-refractivity contribution in [2.24, 2.45) is 0 Å². The molecule has 8 nitrogen and oxygen atoms in total. The number of hydrogen-bond acceptors (Lipinski definition) is 6. The highest BCUT2D eigenvalue weighted by atomic mass is 16.5. The lowest BCUT2D eigenvalue weighted by molar-refractivity contribution is 0.248. The number of carbonyl (C=O) groups excluding carboxylic acids is 1. The first-order valence-electron chi connectivity index (χ1n) is 8.18. The van der Waals surface area contributed by atoms with Gasteiger partial charge in [-0.05, 0) is 36.2 Å². The molecule has 3 aromatic rings. The second-order valence-electron chi connectivity index (χ2n) is 6.09. The Morgan fingerprint density at radius 3 is 2.80 bits per heavy atom. The van der Waals surface area contributed by atoms with Crippen molar-refractivity contribution in [2.75, 3.05) is 5.32 Å². The zero-order valence-electron chi connectivity index (χ0n) is 13.4. The second kappa shape index (κ2) is 6.39. The van der Waals surface area contributed by atoms with Crippen molar-refractivity contribution in [2.45, 2.75) is 31.7 Å². The number of carbonyl (C=O) groups is 1. The standard InChI is InChI=1S/C17H17N5O3/c23-16-8-14(25-22-16)10-7-13-12(18-9-10)5-6-15(20-13)21-17(24)19-11-3-1-2-4-11/h5-9,11H,1-4H2,(H,22,23)(H2,19,20,21,24). The molecule has 0 aliphatic heterocycles. The number of aromatic hydroxyl groups is 1. The summed E-state index contributed by atoms with van der Waals surface area (Å²) in [4.78, 5) is 20.8. The van der Waals surface area contributed by atoms with Crippen LogP contribution < -0.4 is 10.6 Å². The molecule has 3 N–H and O–H groups in total. The first-order chi connectivity index (χ1) is 12.2. The first kappa shape index (κ1) is 15.4. The molecule has 2 amide bonds. The van der Waals surface area contributed by atoms with Crippen molar-refractivity contribution in [1.82, 2.24) is 20.4 Å². The van der Waals surface area contributed by atoms with Crippen LogP contribution in [0.2, 0.25) is 0 Å². The Hall–Kier alpha value is -3.16. The van der Waals surface area contributed by atoms with E-state index in [0.717, 1.165) is 25.7 Å². The van der Waals surface area contributed by atoms with Crippen LogP contribution >= 0.6 is 0 Å². The molecule has 1 aliphatic rings. The molecule has 128 valence electrons. The number of nitrogens with zero attached hydrogens (tertiary/aromatic N) is 3. The highest BCUT2D eigenvalue weighted by Gasteiger charge is 2.17. The summed E-state index contributed by atoms with van der Waals surface area (Å²) in [6.07, 6.45) is 5.98. The molecule has 0 spiro atoms. The number of nitrogens with one attached hydrogen (secondary N) is 2. The Morgan fingerprint density at radius 2 is 2.04 bits per heavy atom. The van der Waals surface area contributed by atoms with E-state index in [1.165, 1.54) is 6.07 Å². The molecule has 8 heteroatoms. The van der Waals surface area contributed by atoms with Crippen LogP contribution in [0, 0.1) is 0 Å². The van der Waals surface area contributed by atoms with Crippen molar-refractivity contribution in [3.8, 4) is 17.2 Å². The van der Waals surface area contributed by atoms with Gasteiger partial charge in [-0.1, -0.05) is 12.8 Å². The molecule has 0 aromatic carbocycles. The number of hydrogen-bond donors (Lipinski definition) is 3. The third kappa shape index (κ3) is 3.37. The van der Waals surface area contributed by atoms with Crippen molar-refractivity contribution in [3.63, 3.8) is 0 Å². The van der Waals surface area contributed by atoms with E-state index in [1.54, 1.807) is 24.4 Å². The molecular weight excluding hydrogens is 322 g/mol. The Kier molecular flexibility index (Phi) is 3.93. The highest BCUT2D eigenvalue weighted by molar-refractivity contribution is 5.90.